The lowest BCUT2D eigenvalue weighted by Crippen LogP contribution is -2.19. The third-order valence-electron chi connectivity index (χ3n) is 12.5. The fourth-order valence-electron chi connectivity index (χ4n) is 8.43. The van der Waals surface area contributed by atoms with Crippen molar-refractivity contribution in [3.8, 4) is 0 Å². The summed E-state index contributed by atoms with van der Waals surface area (Å²) in [5.41, 5.74) is -0.674. The summed E-state index contributed by atoms with van der Waals surface area (Å²) in [6.45, 7) is 4.83. The number of rotatable bonds is 47. The smallest absolute Gasteiger partial charge is 0.340 e. The molecule has 64 heavy (non-hydrogen) atoms. The van der Waals surface area contributed by atoms with Crippen LogP contribution in [0.3, 0.4) is 0 Å². The second-order valence-corrected chi connectivity index (χ2v) is 19.9. The molecule has 1 aromatic carbocycles. The maximum Gasteiger partial charge on any atom is 0.340 e. The molecule has 0 amide bonds. The van der Waals surface area contributed by atoms with Crippen molar-refractivity contribution in [3.63, 3.8) is 0 Å². The monoisotopic (exact) mass is 915 g/mol. The van der Waals surface area contributed by atoms with E-state index in [2.05, 4.69) is 38.2 Å². The Hall–Kier alpha value is -2.45. The number of carbonyl (C=O) groups excluding carboxylic acids is 2. The number of esters is 2. The Labute approximate surface area is 394 Å². The van der Waals surface area contributed by atoms with Gasteiger partial charge in [0.15, 0.2) is 0 Å². The highest BCUT2D eigenvalue weighted by molar-refractivity contribution is 7.86. The van der Waals surface area contributed by atoms with E-state index >= 15 is 0 Å². The van der Waals surface area contributed by atoms with Crippen LogP contribution in [0, 0.1) is 0 Å². The van der Waals surface area contributed by atoms with Crippen LogP contribution in [0.5, 0.6) is 0 Å². The van der Waals surface area contributed by atoms with Crippen LogP contribution >= 0.6 is 0 Å². The molecule has 8 heteroatoms. The Morgan fingerprint density at radius 1 is 0.422 bits per heavy atom. The molecule has 0 unspecified atom stereocenters. The zero-order chi connectivity index (χ0) is 46.4. The summed E-state index contributed by atoms with van der Waals surface area (Å²) >= 11 is 0. The maximum absolute atomic E-state index is 13.1. The predicted molar refractivity (Wildman–Crippen MR) is 271 cm³/mol. The standard InChI is InChI=1S/C56H98O7S/c1-3-5-7-9-11-13-15-17-19-21-23-25-27-29-31-33-35-37-39-41-43-45-50-62-55(57)52-48-47-49-53(64(59,60)61)54(52)56(58)63-51-46-44-42-40-38-36-34-32-30-28-26-24-22-20-18-16-14-12-10-8-6-4-2/h25-28,47-49H,3-24,29-46,50-51H2,1-2H3,(H,59,60,61)/b27-25+,28-26+. The van der Waals surface area contributed by atoms with Gasteiger partial charge in [-0.3, -0.25) is 4.55 Å². The first-order chi connectivity index (χ1) is 31.3. The van der Waals surface area contributed by atoms with Gasteiger partial charge in [-0.15, -0.1) is 0 Å². The van der Waals surface area contributed by atoms with Gasteiger partial charge < -0.3 is 9.47 Å². The first-order valence-corrected chi connectivity index (χ1v) is 28.5. The fraction of sp³-hybridized carbons (Fsp3) is 0.786. The Morgan fingerprint density at radius 2 is 0.703 bits per heavy atom. The van der Waals surface area contributed by atoms with Gasteiger partial charge in [0.2, 0.25) is 0 Å². The van der Waals surface area contributed by atoms with E-state index in [4.69, 9.17) is 9.47 Å². The Kier molecular flexibility index (Phi) is 41.3. The van der Waals surface area contributed by atoms with Gasteiger partial charge in [0.25, 0.3) is 10.1 Å². The van der Waals surface area contributed by atoms with Crippen molar-refractivity contribution in [2.24, 2.45) is 0 Å². The predicted octanol–water partition coefficient (Wildman–Crippen LogP) is 18.0. The van der Waals surface area contributed by atoms with Crippen LogP contribution in [0.4, 0.5) is 0 Å². The van der Waals surface area contributed by atoms with Gasteiger partial charge in [0.1, 0.15) is 4.90 Å². The third kappa shape index (κ3) is 35.8. The van der Waals surface area contributed by atoms with E-state index in [0.29, 0.717) is 12.8 Å². The topological polar surface area (TPSA) is 107 Å². The van der Waals surface area contributed by atoms with E-state index in [1.807, 2.05) is 0 Å². The van der Waals surface area contributed by atoms with Crippen molar-refractivity contribution >= 4 is 22.1 Å². The summed E-state index contributed by atoms with van der Waals surface area (Å²) in [4.78, 5) is 25.5. The summed E-state index contributed by atoms with van der Waals surface area (Å²) in [7, 11) is -4.77. The number of hydrogen-bond donors (Lipinski definition) is 1. The minimum Gasteiger partial charge on any atom is -0.462 e. The molecule has 1 N–H and O–H groups in total. The number of ether oxygens (including phenoxy) is 2. The van der Waals surface area contributed by atoms with Gasteiger partial charge in [-0.25, -0.2) is 9.59 Å². The van der Waals surface area contributed by atoms with E-state index in [9.17, 15) is 22.6 Å². The molecule has 7 nitrogen and oxygen atoms in total. The van der Waals surface area contributed by atoms with E-state index in [1.54, 1.807) is 0 Å². The Balaban J connectivity index is 2.13. The van der Waals surface area contributed by atoms with Crippen LogP contribution in [0.25, 0.3) is 0 Å². The van der Waals surface area contributed by atoms with Crippen LogP contribution < -0.4 is 0 Å². The molecule has 0 spiro atoms. The number of unbranched alkanes of at least 4 members (excludes halogenated alkanes) is 36. The largest absolute Gasteiger partial charge is 0.462 e. The van der Waals surface area contributed by atoms with Crippen molar-refractivity contribution in [2.75, 3.05) is 13.2 Å². The minimum absolute atomic E-state index is 0.106. The van der Waals surface area contributed by atoms with Crippen LogP contribution in [-0.4, -0.2) is 38.1 Å². The van der Waals surface area contributed by atoms with Crippen molar-refractivity contribution in [3.05, 3.63) is 53.6 Å². The summed E-state index contributed by atoms with van der Waals surface area (Å²) in [5.74, 6) is -1.74. The summed E-state index contributed by atoms with van der Waals surface area (Å²) in [5, 5.41) is 0. The normalized spacial score (nSPS) is 11.9. The molecule has 0 aromatic heterocycles. The van der Waals surface area contributed by atoms with Gasteiger partial charge in [-0.2, -0.15) is 8.42 Å². The second-order valence-electron chi connectivity index (χ2n) is 18.5. The summed E-state index contributed by atoms with van der Waals surface area (Å²) < 4.78 is 45.1. The SMILES string of the molecule is CCCCCCCCCCCC/C=C/CCCCCCCCCCOC(=O)c1cccc(S(=O)(=O)O)c1C(=O)OCCCCCCCCCC/C=C/CCCCCCCCCCCC. The Morgan fingerprint density at radius 3 is 1.02 bits per heavy atom. The van der Waals surface area contributed by atoms with Crippen LogP contribution in [-0.2, 0) is 19.6 Å². The lowest BCUT2D eigenvalue weighted by Gasteiger charge is -2.13. The fourth-order valence-corrected chi connectivity index (χ4v) is 9.13. The zero-order valence-corrected chi connectivity index (χ0v) is 42.4. The number of benzene rings is 1. The average molecular weight is 915 g/mol. The highest BCUT2D eigenvalue weighted by Crippen LogP contribution is 2.23. The molecule has 0 saturated heterocycles. The average Bonchev–Trinajstić information content (AvgIpc) is 3.28. The van der Waals surface area contributed by atoms with Crippen molar-refractivity contribution in [2.45, 2.75) is 276 Å². The molecule has 0 heterocycles. The third-order valence-corrected chi connectivity index (χ3v) is 13.4. The summed E-state index contributed by atoms with van der Waals surface area (Å²) in [6, 6.07) is 3.77. The Bertz CT molecular complexity index is 1400. The molecule has 1 aromatic rings. The van der Waals surface area contributed by atoms with E-state index < -0.39 is 32.5 Å². The molecular weight excluding hydrogens is 817 g/mol. The lowest BCUT2D eigenvalue weighted by atomic mass is 10.1. The highest BCUT2D eigenvalue weighted by Gasteiger charge is 2.28. The minimum atomic E-state index is -4.77. The molecule has 0 aliphatic rings. The molecule has 0 radical (unpaired) electrons. The molecule has 1 rings (SSSR count). The van der Waals surface area contributed by atoms with E-state index in [-0.39, 0.29) is 18.8 Å². The first-order valence-electron chi connectivity index (χ1n) is 27.1. The van der Waals surface area contributed by atoms with Gasteiger partial charge >= 0.3 is 11.9 Å². The molecule has 0 aliphatic heterocycles. The summed E-state index contributed by atoms with van der Waals surface area (Å²) in [6.07, 6.45) is 59.3. The quantitative estimate of drug-likeness (QED) is 0.0300. The number of allylic oxidation sites excluding steroid dienone is 4. The van der Waals surface area contributed by atoms with Crippen molar-refractivity contribution in [1.82, 2.24) is 0 Å². The van der Waals surface area contributed by atoms with Crippen molar-refractivity contribution < 1.29 is 32.0 Å². The first kappa shape index (κ1) is 59.6. The highest BCUT2D eigenvalue weighted by atomic mass is 32.2. The molecule has 0 saturated carbocycles. The van der Waals surface area contributed by atoms with E-state index in [0.717, 1.165) is 44.6 Å². The van der Waals surface area contributed by atoms with Crippen molar-refractivity contribution in [1.29, 1.82) is 0 Å². The van der Waals surface area contributed by atoms with Crippen LogP contribution in [0.2, 0.25) is 0 Å². The lowest BCUT2D eigenvalue weighted by molar-refractivity contribution is 0.0446. The maximum atomic E-state index is 13.1. The zero-order valence-electron chi connectivity index (χ0n) is 41.5. The van der Waals surface area contributed by atoms with E-state index in [1.165, 1.54) is 218 Å². The van der Waals surface area contributed by atoms with Crippen LogP contribution in [0.1, 0.15) is 291 Å². The number of hydrogen-bond acceptors (Lipinski definition) is 6. The number of carbonyl (C=O) groups is 2. The molecule has 0 atom stereocenters. The second kappa shape index (κ2) is 44.4. The molecule has 0 bridgehead atoms. The van der Waals surface area contributed by atoms with Gasteiger partial charge in [0, 0.05) is 0 Å². The molecule has 0 aliphatic carbocycles. The molecular formula is C56H98O7S. The van der Waals surface area contributed by atoms with Gasteiger partial charge in [-0.1, -0.05) is 237 Å². The molecule has 370 valence electrons. The molecule has 0 fully saturated rings. The van der Waals surface area contributed by atoms with Crippen LogP contribution in [0.15, 0.2) is 47.4 Å². The van der Waals surface area contributed by atoms with Gasteiger partial charge in [0.05, 0.1) is 24.3 Å². The van der Waals surface area contributed by atoms with Gasteiger partial charge in [-0.05, 0) is 76.3 Å².